The zero-order chi connectivity index (χ0) is 13.8. The maximum Gasteiger partial charge on any atom is 0.251 e. The molecule has 0 aromatic carbocycles. The minimum atomic E-state index is -0.537. The standard InChI is InChI=1S/C12H13ClN4O2/c1-8(13)12(18)17-5-2-9(7-17)19-11-10(6-14)15-3-4-16-11/h3-4,8-9H,2,5,7H2,1H3. The summed E-state index contributed by atoms with van der Waals surface area (Å²) in [5, 5.41) is 8.35. The first kappa shape index (κ1) is 13.6. The molecule has 2 heterocycles. The van der Waals surface area contributed by atoms with Gasteiger partial charge in [-0.15, -0.1) is 11.6 Å². The third-order valence-electron chi connectivity index (χ3n) is 2.85. The Bertz CT molecular complexity index is 515. The van der Waals surface area contributed by atoms with Gasteiger partial charge in [0.2, 0.25) is 11.6 Å². The largest absolute Gasteiger partial charge is 0.470 e. The van der Waals surface area contributed by atoms with Crippen LogP contribution in [0.5, 0.6) is 5.88 Å². The summed E-state index contributed by atoms with van der Waals surface area (Å²) < 4.78 is 5.62. The van der Waals surface area contributed by atoms with Crippen LogP contribution in [0.25, 0.3) is 0 Å². The number of nitriles is 1. The third-order valence-corrected chi connectivity index (χ3v) is 3.03. The molecule has 1 aliphatic rings. The summed E-state index contributed by atoms with van der Waals surface area (Å²) >= 11 is 5.77. The molecule has 2 unspecified atom stereocenters. The average molecular weight is 281 g/mol. The van der Waals surface area contributed by atoms with Crippen molar-refractivity contribution in [2.24, 2.45) is 0 Å². The van der Waals surface area contributed by atoms with Crippen LogP contribution in [0.2, 0.25) is 0 Å². The first-order chi connectivity index (χ1) is 9.11. The minimum absolute atomic E-state index is 0.104. The fourth-order valence-electron chi connectivity index (χ4n) is 1.92. The van der Waals surface area contributed by atoms with E-state index in [2.05, 4.69) is 9.97 Å². The second kappa shape index (κ2) is 5.85. The summed E-state index contributed by atoms with van der Waals surface area (Å²) in [4.78, 5) is 21.2. The molecule has 7 heteroatoms. The molecule has 1 aliphatic heterocycles. The number of hydrogen-bond acceptors (Lipinski definition) is 5. The molecule has 0 bridgehead atoms. The van der Waals surface area contributed by atoms with Gasteiger partial charge in [0.15, 0.2) is 0 Å². The number of carbonyl (C=O) groups excluding carboxylic acids is 1. The van der Waals surface area contributed by atoms with Gasteiger partial charge in [-0.2, -0.15) is 5.26 Å². The molecule has 0 aliphatic carbocycles. The van der Waals surface area contributed by atoms with Crippen LogP contribution < -0.4 is 4.74 Å². The number of ether oxygens (including phenoxy) is 1. The van der Waals surface area contributed by atoms with Crippen LogP contribution >= 0.6 is 11.6 Å². The van der Waals surface area contributed by atoms with Crippen LogP contribution in [0, 0.1) is 11.3 Å². The molecule has 1 fully saturated rings. The van der Waals surface area contributed by atoms with Crippen LogP contribution in [0.15, 0.2) is 12.4 Å². The Hall–Kier alpha value is -1.87. The SMILES string of the molecule is CC(Cl)C(=O)N1CCC(Oc2nccnc2C#N)C1. The topological polar surface area (TPSA) is 79.1 Å². The molecule has 6 nitrogen and oxygen atoms in total. The van der Waals surface area contributed by atoms with Gasteiger partial charge in [-0.05, 0) is 6.92 Å². The number of aromatic nitrogens is 2. The maximum atomic E-state index is 11.7. The maximum absolute atomic E-state index is 11.7. The van der Waals surface area contributed by atoms with Crippen LogP contribution in [0.4, 0.5) is 0 Å². The van der Waals surface area contributed by atoms with Gasteiger partial charge in [0.25, 0.3) is 5.88 Å². The monoisotopic (exact) mass is 280 g/mol. The third kappa shape index (κ3) is 3.12. The summed E-state index contributed by atoms with van der Waals surface area (Å²) in [6, 6.07) is 1.92. The first-order valence-electron chi connectivity index (χ1n) is 5.92. The van der Waals surface area contributed by atoms with E-state index in [0.717, 1.165) is 0 Å². The van der Waals surface area contributed by atoms with Crippen molar-refractivity contribution in [3.05, 3.63) is 18.1 Å². The number of alkyl halides is 1. The molecule has 1 saturated heterocycles. The lowest BCUT2D eigenvalue weighted by Crippen LogP contribution is -2.35. The van der Waals surface area contributed by atoms with Gasteiger partial charge in [-0.25, -0.2) is 9.97 Å². The Labute approximate surface area is 116 Å². The van der Waals surface area contributed by atoms with Crippen LogP contribution in [-0.4, -0.2) is 45.3 Å². The number of nitrogens with zero attached hydrogens (tertiary/aromatic N) is 4. The normalized spacial score (nSPS) is 19.8. The zero-order valence-corrected chi connectivity index (χ0v) is 11.2. The van der Waals surface area contributed by atoms with E-state index in [9.17, 15) is 4.79 Å². The molecular formula is C12H13ClN4O2. The Kier molecular flexibility index (Phi) is 4.17. The minimum Gasteiger partial charge on any atom is -0.470 e. The quantitative estimate of drug-likeness (QED) is 0.771. The Morgan fingerprint density at radius 1 is 1.63 bits per heavy atom. The highest BCUT2D eigenvalue weighted by atomic mass is 35.5. The summed E-state index contributed by atoms with van der Waals surface area (Å²) in [5.74, 6) is 0.107. The van der Waals surface area contributed by atoms with E-state index in [1.807, 2.05) is 6.07 Å². The van der Waals surface area contributed by atoms with Crippen molar-refractivity contribution in [1.29, 1.82) is 5.26 Å². The van der Waals surface area contributed by atoms with Gasteiger partial charge < -0.3 is 9.64 Å². The number of amides is 1. The highest BCUT2D eigenvalue weighted by Gasteiger charge is 2.30. The molecule has 0 N–H and O–H groups in total. The molecule has 2 atom stereocenters. The molecule has 100 valence electrons. The highest BCUT2D eigenvalue weighted by molar-refractivity contribution is 6.30. The van der Waals surface area contributed by atoms with Crippen molar-refractivity contribution in [2.75, 3.05) is 13.1 Å². The number of carbonyl (C=O) groups is 1. The lowest BCUT2D eigenvalue weighted by molar-refractivity contribution is -0.129. The molecule has 1 aromatic heterocycles. The number of halogens is 1. The van der Waals surface area contributed by atoms with Crippen molar-refractivity contribution in [1.82, 2.24) is 14.9 Å². The van der Waals surface area contributed by atoms with Crippen molar-refractivity contribution in [3.8, 4) is 11.9 Å². The number of likely N-dealkylation sites (tertiary alicyclic amines) is 1. The van der Waals surface area contributed by atoms with Crippen LogP contribution in [0.3, 0.4) is 0 Å². The Morgan fingerprint density at radius 3 is 3.05 bits per heavy atom. The van der Waals surface area contributed by atoms with E-state index in [-0.39, 0.29) is 23.6 Å². The van der Waals surface area contributed by atoms with Gasteiger partial charge in [0, 0.05) is 25.4 Å². The lowest BCUT2D eigenvalue weighted by Gasteiger charge is -2.18. The van der Waals surface area contributed by atoms with Gasteiger partial charge in [0.1, 0.15) is 17.6 Å². The van der Waals surface area contributed by atoms with E-state index < -0.39 is 5.38 Å². The van der Waals surface area contributed by atoms with E-state index in [4.69, 9.17) is 21.6 Å². The van der Waals surface area contributed by atoms with E-state index in [1.165, 1.54) is 12.4 Å². The Balaban J connectivity index is 1.99. The van der Waals surface area contributed by atoms with E-state index >= 15 is 0 Å². The predicted octanol–water partition coefficient (Wildman–Crippen LogP) is 0.955. The fraction of sp³-hybridized carbons (Fsp3) is 0.500. The van der Waals surface area contributed by atoms with Gasteiger partial charge in [-0.1, -0.05) is 0 Å². The highest BCUT2D eigenvalue weighted by Crippen LogP contribution is 2.19. The fourth-order valence-corrected chi connectivity index (χ4v) is 2.06. The smallest absolute Gasteiger partial charge is 0.251 e. The predicted molar refractivity (Wildman–Crippen MR) is 67.7 cm³/mol. The summed E-state index contributed by atoms with van der Waals surface area (Å²) in [5.41, 5.74) is 0.151. The van der Waals surface area contributed by atoms with Crippen molar-refractivity contribution < 1.29 is 9.53 Å². The summed E-state index contributed by atoms with van der Waals surface area (Å²) in [7, 11) is 0. The van der Waals surface area contributed by atoms with Gasteiger partial charge in [-0.3, -0.25) is 4.79 Å². The molecule has 0 spiro atoms. The second-order valence-corrected chi connectivity index (χ2v) is 4.91. The molecule has 19 heavy (non-hydrogen) atoms. The van der Waals surface area contributed by atoms with E-state index in [0.29, 0.717) is 19.5 Å². The van der Waals surface area contributed by atoms with Gasteiger partial charge >= 0.3 is 0 Å². The van der Waals surface area contributed by atoms with Crippen molar-refractivity contribution in [2.45, 2.75) is 24.8 Å². The lowest BCUT2D eigenvalue weighted by atomic mass is 10.3. The molecular weight excluding hydrogens is 268 g/mol. The molecule has 0 radical (unpaired) electrons. The van der Waals surface area contributed by atoms with E-state index in [1.54, 1.807) is 11.8 Å². The molecule has 2 rings (SSSR count). The average Bonchev–Trinajstić information content (AvgIpc) is 2.87. The van der Waals surface area contributed by atoms with Gasteiger partial charge in [0.05, 0.1) is 6.54 Å². The summed E-state index contributed by atoms with van der Waals surface area (Å²) in [6.45, 7) is 2.70. The molecule has 0 saturated carbocycles. The van der Waals surface area contributed by atoms with Crippen molar-refractivity contribution in [3.63, 3.8) is 0 Å². The number of hydrogen-bond donors (Lipinski definition) is 0. The molecule has 1 amide bonds. The first-order valence-corrected chi connectivity index (χ1v) is 6.36. The second-order valence-electron chi connectivity index (χ2n) is 4.25. The number of rotatable bonds is 3. The van der Waals surface area contributed by atoms with Crippen LogP contribution in [0.1, 0.15) is 19.0 Å². The zero-order valence-electron chi connectivity index (χ0n) is 10.4. The van der Waals surface area contributed by atoms with Crippen molar-refractivity contribution >= 4 is 17.5 Å². The van der Waals surface area contributed by atoms with Crippen LogP contribution in [-0.2, 0) is 4.79 Å². The summed E-state index contributed by atoms with van der Waals surface area (Å²) in [6.07, 6.45) is 3.42. The Morgan fingerprint density at radius 2 is 2.37 bits per heavy atom. The molecule has 1 aromatic rings.